The van der Waals surface area contributed by atoms with Gasteiger partial charge in [0.15, 0.2) is 0 Å². The topological polar surface area (TPSA) is 148 Å². The SMILES string of the molecule is NC(=O)N(N)N(OC(=O)O)C(N)=S. The lowest BCUT2D eigenvalue weighted by Crippen LogP contribution is -2.57. The third kappa shape index (κ3) is 3.39. The predicted molar refractivity (Wildman–Crippen MR) is 43.3 cm³/mol. The highest BCUT2D eigenvalue weighted by atomic mass is 32.1. The molecule has 7 N–H and O–H groups in total. The summed E-state index contributed by atoms with van der Waals surface area (Å²) in [7, 11) is 0. The van der Waals surface area contributed by atoms with E-state index in [1.807, 2.05) is 0 Å². The van der Waals surface area contributed by atoms with Crippen molar-refractivity contribution < 1.29 is 19.5 Å². The first-order valence-corrected chi connectivity index (χ1v) is 3.11. The average Bonchev–Trinajstić information content (AvgIpc) is 1.97. The summed E-state index contributed by atoms with van der Waals surface area (Å²) in [6, 6.07) is -1.19. The molecule has 13 heavy (non-hydrogen) atoms. The zero-order valence-electron chi connectivity index (χ0n) is 6.21. The smallest absolute Gasteiger partial charge is 0.448 e. The fourth-order valence-electron chi connectivity index (χ4n) is 0.359. The Morgan fingerprint density at radius 1 is 1.38 bits per heavy atom. The summed E-state index contributed by atoms with van der Waals surface area (Å²) in [6.07, 6.45) is -1.75. The molecule has 9 nitrogen and oxygen atoms in total. The van der Waals surface area contributed by atoms with Gasteiger partial charge < -0.3 is 16.6 Å². The Kier molecular flexibility index (Phi) is 3.68. The summed E-state index contributed by atoms with van der Waals surface area (Å²) in [5, 5.41) is 7.83. The number of thiocarbonyl (C=S) groups is 1. The normalized spacial score (nSPS) is 8.69. The second kappa shape index (κ2) is 4.27. The zero-order chi connectivity index (χ0) is 10.6. The number of hydrazine groups is 2. The van der Waals surface area contributed by atoms with Crippen molar-refractivity contribution in [2.24, 2.45) is 17.3 Å². The van der Waals surface area contributed by atoms with E-state index >= 15 is 0 Å². The predicted octanol–water partition coefficient (Wildman–Crippen LogP) is -1.69. The van der Waals surface area contributed by atoms with Gasteiger partial charge in [-0.1, -0.05) is 5.17 Å². The monoisotopic (exact) mass is 209 g/mol. The minimum atomic E-state index is -1.75. The summed E-state index contributed by atoms with van der Waals surface area (Å²) >= 11 is 4.32. The molecule has 0 saturated carbocycles. The molecule has 10 heteroatoms. The van der Waals surface area contributed by atoms with Crippen LogP contribution < -0.4 is 17.3 Å². The van der Waals surface area contributed by atoms with Gasteiger partial charge in [-0.15, -0.1) is 5.12 Å². The molecule has 0 unspecified atom stereocenters. The summed E-state index contributed by atoms with van der Waals surface area (Å²) in [4.78, 5) is 24.4. The highest BCUT2D eigenvalue weighted by Crippen LogP contribution is 1.94. The van der Waals surface area contributed by atoms with Gasteiger partial charge in [0.05, 0.1) is 0 Å². The molecule has 2 amide bonds. The molecule has 0 radical (unpaired) electrons. The molecule has 0 aromatic carbocycles. The number of carbonyl (C=O) groups is 2. The van der Waals surface area contributed by atoms with Crippen molar-refractivity contribution in [2.45, 2.75) is 0 Å². The highest BCUT2D eigenvalue weighted by molar-refractivity contribution is 7.80. The van der Waals surface area contributed by atoms with Crippen LogP contribution in [0.15, 0.2) is 0 Å². The van der Waals surface area contributed by atoms with Crippen molar-refractivity contribution in [1.29, 1.82) is 0 Å². The number of rotatable bonds is 0. The number of hydrogen-bond donors (Lipinski definition) is 4. The van der Waals surface area contributed by atoms with Gasteiger partial charge in [0, 0.05) is 0 Å². The molecule has 0 heterocycles. The van der Waals surface area contributed by atoms with E-state index in [1.165, 1.54) is 0 Å². The number of carboxylic acid groups (broad SMARTS) is 1. The van der Waals surface area contributed by atoms with Crippen LogP contribution in [0.2, 0.25) is 0 Å². The molecule has 0 spiro atoms. The molecule has 0 aliphatic carbocycles. The van der Waals surface area contributed by atoms with E-state index in [-0.39, 0.29) is 10.3 Å². The first kappa shape index (κ1) is 11.2. The third-order valence-electron chi connectivity index (χ3n) is 0.775. The summed E-state index contributed by atoms with van der Waals surface area (Å²) in [5.74, 6) is 4.94. The van der Waals surface area contributed by atoms with E-state index in [0.717, 1.165) is 0 Å². The van der Waals surface area contributed by atoms with Crippen LogP contribution in [0.1, 0.15) is 0 Å². The minimum Gasteiger partial charge on any atom is -0.448 e. The largest absolute Gasteiger partial charge is 0.532 e. The maximum Gasteiger partial charge on any atom is 0.532 e. The van der Waals surface area contributed by atoms with E-state index in [9.17, 15) is 9.59 Å². The van der Waals surface area contributed by atoms with Gasteiger partial charge in [-0.3, -0.25) is 4.84 Å². The lowest BCUT2D eigenvalue weighted by molar-refractivity contribution is -0.170. The van der Waals surface area contributed by atoms with Gasteiger partial charge in [0.1, 0.15) is 0 Å². The lowest BCUT2D eigenvalue weighted by atomic mass is 11.0. The molecule has 0 aliphatic heterocycles. The molecular weight excluding hydrogens is 202 g/mol. The van der Waals surface area contributed by atoms with E-state index in [0.29, 0.717) is 0 Å². The molecule has 0 aliphatic rings. The van der Waals surface area contributed by atoms with E-state index in [1.54, 1.807) is 0 Å². The van der Waals surface area contributed by atoms with Crippen molar-refractivity contribution in [3.05, 3.63) is 0 Å². The van der Waals surface area contributed by atoms with E-state index < -0.39 is 17.3 Å². The summed E-state index contributed by atoms with van der Waals surface area (Å²) < 4.78 is 0. The lowest BCUT2D eigenvalue weighted by Gasteiger charge is -2.25. The van der Waals surface area contributed by atoms with Crippen molar-refractivity contribution in [1.82, 2.24) is 10.3 Å². The standard InChI is InChI=1S/C3H7N5O4S/c4-1(9)7(6)8(2(5)13)12-3(10)11/h6H2,(H2,4,9)(H2,5,13)(H,10,11). The first-order chi connectivity index (χ1) is 5.86. The Morgan fingerprint density at radius 3 is 2.08 bits per heavy atom. The van der Waals surface area contributed by atoms with Gasteiger partial charge in [-0.05, 0) is 12.2 Å². The second-order valence-electron chi connectivity index (χ2n) is 1.65. The molecule has 0 bridgehead atoms. The number of urea groups is 1. The molecule has 0 saturated heterocycles. The number of carbonyl (C=O) groups excluding carboxylic acids is 1. The molecule has 74 valence electrons. The van der Waals surface area contributed by atoms with Crippen LogP contribution in [0.5, 0.6) is 0 Å². The molecule has 0 aromatic rings. The zero-order valence-corrected chi connectivity index (χ0v) is 7.02. The molecule has 0 aromatic heterocycles. The Hall–Kier alpha value is -1.81. The Morgan fingerprint density at radius 2 is 1.85 bits per heavy atom. The van der Waals surface area contributed by atoms with Gasteiger partial charge in [0.25, 0.3) is 0 Å². The minimum absolute atomic E-state index is 0.108. The molecule has 0 fully saturated rings. The van der Waals surface area contributed by atoms with Crippen LogP contribution in [-0.4, -0.2) is 32.7 Å². The summed E-state index contributed by atoms with van der Waals surface area (Å²) in [5.41, 5.74) is 9.65. The Balaban J connectivity index is 4.51. The van der Waals surface area contributed by atoms with Crippen LogP contribution in [0.25, 0.3) is 0 Å². The average molecular weight is 209 g/mol. The van der Waals surface area contributed by atoms with E-state index in [4.69, 9.17) is 16.7 Å². The fraction of sp³-hybridized carbons (Fsp3) is 0. The third-order valence-corrected chi connectivity index (χ3v) is 0.931. The number of nitrogens with two attached hydrogens (primary N) is 3. The number of primary amides is 1. The van der Waals surface area contributed by atoms with Gasteiger partial charge >= 0.3 is 12.2 Å². The molecule has 0 rings (SSSR count). The van der Waals surface area contributed by atoms with Crippen molar-refractivity contribution in [3.8, 4) is 0 Å². The number of amides is 2. The van der Waals surface area contributed by atoms with Crippen molar-refractivity contribution >= 4 is 29.5 Å². The maximum absolute atomic E-state index is 10.4. The fourth-order valence-corrected chi connectivity index (χ4v) is 0.484. The Bertz CT molecular complexity index is 244. The second-order valence-corrected chi connectivity index (χ2v) is 2.07. The molecular formula is C3H7N5O4S. The van der Waals surface area contributed by atoms with Crippen LogP contribution in [0.3, 0.4) is 0 Å². The van der Waals surface area contributed by atoms with Crippen LogP contribution >= 0.6 is 12.2 Å². The van der Waals surface area contributed by atoms with Crippen molar-refractivity contribution in [2.75, 3.05) is 0 Å². The van der Waals surface area contributed by atoms with Crippen LogP contribution in [0.4, 0.5) is 9.59 Å². The summed E-state index contributed by atoms with van der Waals surface area (Å²) in [6.45, 7) is 0. The number of hydroxylamine groups is 1. The first-order valence-electron chi connectivity index (χ1n) is 2.71. The number of nitrogens with zero attached hydrogens (tertiary/aromatic N) is 2. The van der Waals surface area contributed by atoms with Gasteiger partial charge in [0.2, 0.25) is 5.11 Å². The van der Waals surface area contributed by atoms with E-state index in [2.05, 4.69) is 22.8 Å². The Labute approximate surface area is 77.5 Å². The van der Waals surface area contributed by atoms with Crippen molar-refractivity contribution in [3.63, 3.8) is 0 Å². The van der Waals surface area contributed by atoms with Gasteiger partial charge in [-0.25, -0.2) is 15.4 Å². The quantitative estimate of drug-likeness (QED) is 0.160. The number of hydrogen-bond acceptors (Lipinski definition) is 5. The van der Waals surface area contributed by atoms with Crippen LogP contribution in [-0.2, 0) is 4.84 Å². The van der Waals surface area contributed by atoms with Crippen LogP contribution in [0, 0.1) is 0 Å². The maximum atomic E-state index is 10.4. The van der Waals surface area contributed by atoms with Gasteiger partial charge in [-0.2, -0.15) is 0 Å². The highest BCUT2D eigenvalue weighted by Gasteiger charge is 2.21. The molecule has 0 atom stereocenters.